The Morgan fingerprint density at radius 2 is 2.17 bits per heavy atom. The summed E-state index contributed by atoms with van der Waals surface area (Å²) in [6.45, 7) is -2.56. The van der Waals surface area contributed by atoms with Gasteiger partial charge < -0.3 is 5.32 Å². The second-order valence-corrected chi connectivity index (χ2v) is 4.36. The molecule has 96 valence electrons. The highest BCUT2D eigenvalue weighted by Gasteiger charge is 2.11. The Bertz CT molecular complexity index is 542. The Labute approximate surface area is 110 Å². The topological polar surface area (TPSA) is 29.9 Å². The minimum atomic E-state index is -2.64. The molecule has 0 aliphatic heterocycles. The number of benzene rings is 1. The van der Waals surface area contributed by atoms with Gasteiger partial charge in [-0.15, -0.1) is 0 Å². The number of nitrogens with zero attached hydrogens (tertiary/aromatic N) is 2. The van der Waals surface area contributed by atoms with Crippen molar-refractivity contribution in [2.75, 3.05) is 5.32 Å². The highest BCUT2D eigenvalue weighted by Crippen LogP contribution is 2.23. The molecule has 0 unspecified atom stereocenters. The summed E-state index contributed by atoms with van der Waals surface area (Å²) in [7, 11) is 0. The fraction of sp³-hybridized carbons (Fsp3) is 0.182. The molecule has 0 saturated heterocycles. The molecule has 2 aromatic rings. The van der Waals surface area contributed by atoms with Crippen LogP contribution in [0.2, 0.25) is 0 Å². The maximum absolute atomic E-state index is 13.0. The average Bonchev–Trinajstić information content (AvgIpc) is 2.79. The Morgan fingerprint density at radius 3 is 2.89 bits per heavy atom. The SMILES string of the molecule is Fc1ccc(Br)c(NCc2nccn2C(F)F)c1. The molecule has 0 bridgehead atoms. The first-order valence-corrected chi connectivity index (χ1v) is 5.86. The summed E-state index contributed by atoms with van der Waals surface area (Å²) < 4.78 is 39.5. The maximum Gasteiger partial charge on any atom is 0.319 e. The summed E-state index contributed by atoms with van der Waals surface area (Å²) in [4.78, 5) is 3.82. The van der Waals surface area contributed by atoms with Gasteiger partial charge in [0.05, 0.1) is 12.2 Å². The summed E-state index contributed by atoms with van der Waals surface area (Å²) in [6, 6.07) is 4.12. The lowest BCUT2D eigenvalue weighted by Gasteiger charge is -2.10. The Kier molecular flexibility index (Phi) is 3.90. The van der Waals surface area contributed by atoms with Crippen LogP contribution in [0.3, 0.4) is 0 Å². The molecule has 1 aromatic carbocycles. The zero-order valence-corrected chi connectivity index (χ0v) is 10.7. The van der Waals surface area contributed by atoms with Gasteiger partial charge >= 0.3 is 6.55 Å². The van der Waals surface area contributed by atoms with Crippen molar-refractivity contribution in [1.82, 2.24) is 9.55 Å². The van der Waals surface area contributed by atoms with Crippen LogP contribution in [0, 0.1) is 5.82 Å². The number of alkyl halides is 2. The third-order valence-electron chi connectivity index (χ3n) is 2.32. The fourth-order valence-electron chi connectivity index (χ4n) is 1.47. The van der Waals surface area contributed by atoms with Crippen LogP contribution in [-0.4, -0.2) is 9.55 Å². The van der Waals surface area contributed by atoms with Crippen LogP contribution in [0.15, 0.2) is 35.1 Å². The second kappa shape index (κ2) is 5.43. The summed E-state index contributed by atoms with van der Waals surface area (Å²) in [5.74, 6) is -0.223. The third kappa shape index (κ3) is 2.84. The van der Waals surface area contributed by atoms with Crippen LogP contribution in [0.4, 0.5) is 18.9 Å². The molecule has 3 nitrogen and oxygen atoms in total. The van der Waals surface area contributed by atoms with Crippen molar-refractivity contribution >= 4 is 21.6 Å². The minimum Gasteiger partial charge on any atom is -0.377 e. The Hall–Kier alpha value is -1.50. The van der Waals surface area contributed by atoms with Gasteiger partial charge in [0.15, 0.2) is 0 Å². The van der Waals surface area contributed by atoms with Gasteiger partial charge in [-0.3, -0.25) is 4.57 Å². The molecule has 0 radical (unpaired) electrons. The summed E-state index contributed by atoms with van der Waals surface area (Å²) in [5, 5.41) is 2.85. The minimum absolute atomic E-state index is 0.0827. The summed E-state index contributed by atoms with van der Waals surface area (Å²) in [6.07, 6.45) is 2.49. The molecule has 0 saturated carbocycles. The number of hydrogen-bond donors (Lipinski definition) is 1. The zero-order valence-electron chi connectivity index (χ0n) is 9.08. The lowest BCUT2D eigenvalue weighted by Crippen LogP contribution is -2.09. The standard InChI is InChI=1S/C11H9BrF3N3/c12-8-2-1-7(13)5-9(8)17-6-10-16-3-4-18(10)11(14)15/h1-5,11,17H,6H2. The van der Waals surface area contributed by atoms with E-state index in [1.165, 1.54) is 30.6 Å². The number of hydrogen-bond acceptors (Lipinski definition) is 2. The van der Waals surface area contributed by atoms with E-state index in [0.717, 1.165) is 4.57 Å². The number of anilines is 1. The summed E-state index contributed by atoms with van der Waals surface area (Å²) in [5.41, 5.74) is 0.485. The maximum atomic E-state index is 13.0. The van der Waals surface area contributed by atoms with Crippen LogP contribution < -0.4 is 5.32 Å². The van der Waals surface area contributed by atoms with Crippen molar-refractivity contribution in [2.45, 2.75) is 13.1 Å². The first kappa shape index (κ1) is 12.9. The van der Waals surface area contributed by atoms with Gasteiger partial charge in [0, 0.05) is 16.9 Å². The molecular weight excluding hydrogens is 311 g/mol. The normalized spacial score (nSPS) is 10.9. The van der Waals surface area contributed by atoms with E-state index in [2.05, 4.69) is 26.2 Å². The van der Waals surface area contributed by atoms with Gasteiger partial charge in [-0.2, -0.15) is 8.78 Å². The first-order valence-electron chi connectivity index (χ1n) is 5.06. The molecule has 1 N–H and O–H groups in total. The van der Waals surface area contributed by atoms with Gasteiger partial charge in [-0.25, -0.2) is 9.37 Å². The molecule has 0 amide bonds. The monoisotopic (exact) mass is 319 g/mol. The molecule has 0 aliphatic rings. The van der Waals surface area contributed by atoms with Crippen LogP contribution in [-0.2, 0) is 6.54 Å². The number of aromatic nitrogens is 2. The first-order chi connectivity index (χ1) is 8.58. The predicted octanol–water partition coefficient (Wildman–Crippen LogP) is 3.79. The quantitative estimate of drug-likeness (QED) is 0.929. The van der Waals surface area contributed by atoms with E-state index in [1.54, 1.807) is 0 Å². The second-order valence-electron chi connectivity index (χ2n) is 3.51. The van der Waals surface area contributed by atoms with E-state index in [0.29, 0.717) is 10.2 Å². The number of rotatable bonds is 4. The molecule has 0 atom stereocenters. The van der Waals surface area contributed by atoms with Crippen molar-refractivity contribution in [2.24, 2.45) is 0 Å². The lowest BCUT2D eigenvalue weighted by molar-refractivity contribution is 0.0673. The molecular formula is C11H9BrF3N3. The van der Waals surface area contributed by atoms with Crippen LogP contribution in [0.5, 0.6) is 0 Å². The van der Waals surface area contributed by atoms with Crippen LogP contribution >= 0.6 is 15.9 Å². The van der Waals surface area contributed by atoms with Crippen molar-refractivity contribution in [3.05, 3.63) is 46.7 Å². The van der Waals surface area contributed by atoms with Gasteiger partial charge in [-0.05, 0) is 34.1 Å². The molecule has 1 aromatic heterocycles. The van der Waals surface area contributed by atoms with Crippen molar-refractivity contribution in [3.63, 3.8) is 0 Å². The molecule has 0 spiro atoms. The lowest BCUT2D eigenvalue weighted by atomic mass is 10.3. The number of nitrogens with one attached hydrogen (secondary N) is 1. The molecule has 0 aliphatic carbocycles. The van der Waals surface area contributed by atoms with Gasteiger partial charge in [0.2, 0.25) is 0 Å². The van der Waals surface area contributed by atoms with Gasteiger partial charge in [0.25, 0.3) is 0 Å². The molecule has 1 heterocycles. The van der Waals surface area contributed by atoms with E-state index >= 15 is 0 Å². The van der Waals surface area contributed by atoms with E-state index in [-0.39, 0.29) is 12.4 Å². The third-order valence-corrected chi connectivity index (χ3v) is 3.02. The highest BCUT2D eigenvalue weighted by molar-refractivity contribution is 9.10. The van der Waals surface area contributed by atoms with Crippen LogP contribution in [0.1, 0.15) is 12.4 Å². The van der Waals surface area contributed by atoms with Gasteiger partial charge in [0.1, 0.15) is 11.6 Å². The van der Waals surface area contributed by atoms with Crippen molar-refractivity contribution in [1.29, 1.82) is 0 Å². The molecule has 0 fully saturated rings. The zero-order chi connectivity index (χ0) is 13.1. The molecule has 2 rings (SSSR count). The predicted molar refractivity (Wildman–Crippen MR) is 64.9 cm³/mol. The van der Waals surface area contributed by atoms with E-state index < -0.39 is 12.4 Å². The van der Waals surface area contributed by atoms with Crippen LogP contribution in [0.25, 0.3) is 0 Å². The van der Waals surface area contributed by atoms with Crippen molar-refractivity contribution in [3.8, 4) is 0 Å². The summed E-state index contributed by atoms with van der Waals surface area (Å²) >= 11 is 3.24. The molecule has 18 heavy (non-hydrogen) atoms. The van der Waals surface area contributed by atoms with E-state index in [1.807, 2.05) is 0 Å². The molecule has 7 heteroatoms. The number of imidazole rings is 1. The van der Waals surface area contributed by atoms with Crippen molar-refractivity contribution < 1.29 is 13.2 Å². The highest BCUT2D eigenvalue weighted by atomic mass is 79.9. The van der Waals surface area contributed by atoms with E-state index in [4.69, 9.17) is 0 Å². The smallest absolute Gasteiger partial charge is 0.319 e. The number of halogens is 4. The van der Waals surface area contributed by atoms with Gasteiger partial charge in [-0.1, -0.05) is 0 Å². The fourth-order valence-corrected chi connectivity index (χ4v) is 1.85. The Morgan fingerprint density at radius 1 is 1.39 bits per heavy atom. The largest absolute Gasteiger partial charge is 0.377 e. The van der Waals surface area contributed by atoms with E-state index in [9.17, 15) is 13.2 Å². The Balaban J connectivity index is 2.11. The average molecular weight is 320 g/mol.